The molecule has 134 valence electrons. The standard InChI is InChI=1S/C19H22ClNO3S/c1-4-24-16-10-9-14(11-17(16)23-3)12-21-19(22)13(2)25-18-8-6-5-7-15(18)20/h5-11,13H,4,12H2,1-3H3,(H,21,22). The number of ether oxygens (including phenoxy) is 2. The second-order valence-corrected chi connectivity index (χ2v) is 7.12. The molecule has 1 N–H and O–H groups in total. The van der Waals surface area contributed by atoms with Crippen molar-refractivity contribution in [2.45, 2.75) is 30.5 Å². The number of halogens is 1. The number of hydrogen-bond donors (Lipinski definition) is 1. The van der Waals surface area contributed by atoms with Crippen molar-refractivity contribution in [3.63, 3.8) is 0 Å². The van der Waals surface area contributed by atoms with E-state index in [9.17, 15) is 4.79 Å². The van der Waals surface area contributed by atoms with Crippen LogP contribution in [0.4, 0.5) is 0 Å². The van der Waals surface area contributed by atoms with E-state index in [1.54, 1.807) is 7.11 Å². The lowest BCUT2D eigenvalue weighted by molar-refractivity contribution is -0.120. The first-order valence-electron chi connectivity index (χ1n) is 8.03. The number of benzene rings is 2. The first kappa shape index (κ1) is 19.5. The lowest BCUT2D eigenvalue weighted by atomic mass is 10.2. The summed E-state index contributed by atoms with van der Waals surface area (Å²) in [5.74, 6) is 1.31. The molecule has 25 heavy (non-hydrogen) atoms. The minimum atomic E-state index is -0.246. The lowest BCUT2D eigenvalue weighted by Gasteiger charge is -2.14. The van der Waals surface area contributed by atoms with Crippen LogP contribution in [0.2, 0.25) is 5.02 Å². The number of hydrogen-bond acceptors (Lipinski definition) is 4. The summed E-state index contributed by atoms with van der Waals surface area (Å²) in [6, 6.07) is 13.2. The van der Waals surface area contributed by atoms with Crippen LogP contribution in [0.1, 0.15) is 19.4 Å². The largest absolute Gasteiger partial charge is 0.493 e. The van der Waals surface area contributed by atoms with Gasteiger partial charge in [0.1, 0.15) is 0 Å². The van der Waals surface area contributed by atoms with Crippen LogP contribution in [0.15, 0.2) is 47.4 Å². The molecule has 6 heteroatoms. The summed E-state index contributed by atoms with van der Waals surface area (Å²) in [5.41, 5.74) is 0.948. The van der Waals surface area contributed by atoms with Gasteiger partial charge in [0.25, 0.3) is 0 Å². The van der Waals surface area contributed by atoms with Crippen molar-refractivity contribution in [2.24, 2.45) is 0 Å². The van der Waals surface area contributed by atoms with Crippen LogP contribution in [0.25, 0.3) is 0 Å². The maximum Gasteiger partial charge on any atom is 0.233 e. The van der Waals surface area contributed by atoms with E-state index in [0.717, 1.165) is 10.5 Å². The number of nitrogens with one attached hydrogen (secondary N) is 1. The maximum atomic E-state index is 12.3. The molecule has 0 spiro atoms. The van der Waals surface area contributed by atoms with Gasteiger partial charge in [0.15, 0.2) is 11.5 Å². The maximum absolute atomic E-state index is 12.3. The van der Waals surface area contributed by atoms with Crippen LogP contribution >= 0.6 is 23.4 Å². The van der Waals surface area contributed by atoms with E-state index in [1.165, 1.54) is 11.8 Å². The van der Waals surface area contributed by atoms with E-state index < -0.39 is 0 Å². The number of thioether (sulfide) groups is 1. The van der Waals surface area contributed by atoms with Gasteiger partial charge in [-0.3, -0.25) is 4.79 Å². The molecule has 1 unspecified atom stereocenters. The molecule has 0 aliphatic rings. The van der Waals surface area contributed by atoms with Gasteiger partial charge >= 0.3 is 0 Å². The Labute approximate surface area is 157 Å². The molecule has 1 amide bonds. The zero-order valence-electron chi connectivity index (χ0n) is 14.5. The molecule has 0 radical (unpaired) electrons. The molecule has 2 aromatic carbocycles. The van der Waals surface area contributed by atoms with E-state index in [1.807, 2.05) is 56.3 Å². The molecule has 0 aromatic heterocycles. The summed E-state index contributed by atoms with van der Waals surface area (Å²) >= 11 is 7.58. The average molecular weight is 380 g/mol. The lowest BCUT2D eigenvalue weighted by Crippen LogP contribution is -2.30. The highest BCUT2D eigenvalue weighted by molar-refractivity contribution is 8.00. The van der Waals surface area contributed by atoms with E-state index in [-0.39, 0.29) is 11.2 Å². The van der Waals surface area contributed by atoms with Crippen LogP contribution in [-0.2, 0) is 11.3 Å². The molecule has 0 saturated carbocycles. The Morgan fingerprint density at radius 2 is 2.00 bits per heavy atom. The van der Waals surface area contributed by atoms with Gasteiger partial charge < -0.3 is 14.8 Å². The quantitative estimate of drug-likeness (QED) is 0.684. The van der Waals surface area contributed by atoms with E-state index >= 15 is 0 Å². The fourth-order valence-corrected chi connectivity index (χ4v) is 3.39. The van der Waals surface area contributed by atoms with Crippen molar-refractivity contribution in [3.05, 3.63) is 53.1 Å². The number of carbonyl (C=O) groups excluding carboxylic acids is 1. The number of rotatable bonds is 8. The van der Waals surface area contributed by atoms with Crippen LogP contribution in [-0.4, -0.2) is 24.9 Å². The van der Waals surface area contributed by atoms with Crippen LogP contribution in [0.5, 0.6) is 11.5 Å². The average Bonchev–Trinajstić information content (AvgIpc) is 2.62. The van der Waals surface area contributed by atoms with Crippen LogP contribution in [0.3, 0.4) is 0 Å². The zero-order valence-corrected chi connectivity index (χ0v) is 16.1. The Kier molecular flexibility index (Phi) is 7.47. The summed E-state index contributed by atoms with van der Waals surface area (Å²) < 4.78 is 10.8. The summed E-state index contributed by atoms with van der Waals surface area (Å²) in [5, 5.41) is 3.35. The highest BCUT2D eigenvalue weighted by atomic mass is 35.5. The van der Waals surface area contributed by atoms with Crippen molar-refractivity contribution >= 4 is 29.3 Å². The van der Waals surface area contributed by atoms with E-state index in [2.05, 4.69) is 5.32 Å². The molecule has 0 saturated heterocycles. The van der Waals surface area contributed by atoms with Gasteiger partial charge in [-0.25, -0.2) is 0 Å². The Hall–Kier alpha value is -1.85. The topological polar surface area (TPSA) is 47.6 Å². The van der Waals surface area contributed by atoms with Crippen molar-refractivity contribution in [2.75, 3.05) is 13.7 Å². The van der Waals surface area contributed by atoms with Gasteiger partial charge in [-0.1, -0.05) is 29.8 Å². The van der Waals surface area contributed by atoms with Gasteiger partial charge in [0.2, 0.25) is 5.91 Å². The Balaban J connectivity index is 1.94. The Bertz CT molecular complexity index is 724. The minimum absolute atomic E-state index is 0.0437. The van der Waals surface area contributed by atoms with Crippen molar-refractivity contribution in [3.8, 4) is 11.5 Å². The normalized spacial score (nSPS) is 11.7. The third kappa shape index (κ3) is 5.58. The Morgan fingerprint density at radius 1 is 1.24 bits per heavy atom. The minimum Gasteiger partial charge on any atom is -0.493 e. The van der Waals surface area contributed by atoms with Crippen molar-refractivity contribution in [1.29, 1.82) is 0 Å². The summed E-state index contributed by atoms with van der Waals surface area (Å²) in [6.07, 6.45) is 0. The van der Waals surface area contributed by atoms with E-state index in [4.69, 9.17) is 21.1 Å². The first-order valence-corrected chi connectivity index (χ1v) is 9.29. The Morgan fingerprint density at radius 3 is 2.68 bits per heavy atom. The fourth-order valence-electron chi connectivity index (χ4n) is 2.21. The SMILES string of the molecule is CCOc1ccc(CNC(=O)C(C)Sc2ccccc2Cl)cc1OC. The molecule has 2 rings (SSSR count). The third-order valence-electron chi connectivity index (χ3n) is 3.50. The van der Waals surface area contributed by atoms with Gasteiger partial charge in [0, 0.05) is 11.4 Å². The summed E-state index contributed by atoms with van der Waals surface area (Å²) in [7, 11) is 1.60. The van der Waals surface area contributed by atoms with Crippen LogP contribution in [0, 0.1) is 0 Å². The second-order valence-electron chi connectivity index (χ2n) is 5.33. The van der Waals surface area contributed by atoms with Gasteiger partial charge in [-0.2, -0.15) is 0 Å². The molecule has 4 nitrogen and oxygen atoms in total. The van der Waals surface area contributed by atoms with Crippen molar-refractivity contribution in [1.82, 2.24) is 5.32 Å². The first-order chi connectivity index (χ1) is 12.0. The third-order valence-corrected chi connectivity index (χ3v) is 5.12. The molecule has 2 aromatic rings. The van der Waals surface area contributed by atoms with E-state index in [0.29, 0.717) is 29.7 Å². The van der Waals surface area contributed by atoms with Gasteiger partial charge in [0.05, 0.1) is 24.0 Å². The molecule has 0 heterocycles. The summed E-state index contributed by atoms with van der Waals surface area (Å²) in [6.45, 7) is 4.78. The van der Waals surface area contributed by atoms with Gasteiger partial charge in [-0.15, -0.1) is 11.8 Å². The highest BCUT2D eigenvalue weighted by Gasteiger charge is 2.15. The molecular formula is C19H22ClNO3S. The van der Waals surface area contributed by atoms with Crippen LogP contribution < -0.4 is 14.8 Å². The predicted molar refractivity (Wildman–Crippen MR) is 103 cm³/mol. The number of amides is 1. The molecular weight excluding hydrogens is 358 g/mol. The predicted octanol–water partition coefficient (Wildman–Crippen LogP) is 4.54. The van der Waals surface area contributed by atoms with Crippen molar-refractivity contribution < 1.29 is 14.3 Å². The molecule has 0 aliphatic carbocycles. The van der Waals surface area contributed by atoms with Gasteiger partial charge in [-0.05, 0) is 43.7 Å². The highest BCUT2D eigenvalue weighted by Crippen LogP contribution is 2.30. The molecule has 0 aliphatic heterocycles. The smallest absolute Gasteiger partial charge is 0.233 e. The number of carbonyl (C=O) groups is 1. The second kappa shape index (κ2) is 9.59. The zero-order chi connectivity index (χ0) is 18.2. The molecule has 0 fully saturated rings. The number of methoxy groups -OCH3 is 1. The monoisotopic (exact) mass is 379 g/mol. The summed E-state index contributed by atoms with van der Waals surface area (Å²) in [4.78, 5) is 13.2. The fraction of sp³-hybridized carbons (Fsp3) is 0.316. The molecule has 0 bridgehead atoms. The molecule has 1 atom stereocenters.